The second-order valence-electron chi connectivity index (χ2n) is 6.32. The molecule has 1 aliphatic heterocycles. The third kappa shape index (κ3) is 4.57. The highest BCUT2D eigenvalue weighted by Gasteiger charge is 2.32. The third-order valence-electron chi connectivity index (χ3n) is 4.82. The maximum absolute atomic E-state index is 12.5. The standard InChI is InChI=1S/C19H29N3O2/c1-4-21(5-2)14-17-10-7-6-9-16(17)13-20-19(24)18-11-8-12-22(18)15(3)23/h6-7,9-10,18H,4-5,8,11-14H2,1-3H3,(H,20,24). The normalized spacial score (nSPS) is 17.3. The quantitative estimate of drug-likeness (QED) is 0.833. The molecular weight excluding hydrogens is 302 g/mol. The van der Waals surface area contributed by atoms with E-state index in [-0.39, 0.29) is 17.9 Å². The summed E-state index contributed by atoms with van der Waals surface area (Å²) in [7, 11) is 0. The van der Waals surface area contributed by atoms with Crippen molar-refractivity contribution in [3.63, 3.8) is 0 Å². The summed E-state index contributed by atoms with van der Waals surface area (Å²) < 4.78 is 0. The topological polar surface area (TPSA) is 52.7 Å². The fourth-order valence-electron chi connectivity index (χ4n) is 3.29. The molecule has 132 valence electrons. The first kappa shape index (κ1) is 18.5. The molecule has 1 atom stereocenters. The van der Waals surface area contributed by atoms with Crippen LogP contribution in [0.5, 0.6) is 0 Å². The van der Waals surface area contributed by atoms with Gasteiger partial charge in [-0.25, -0.2) is 0 Å². The van der Waals surface area contributed by atoms with E-state index in [0.29, 0.717) is 13.1 Å². The average Bonchev–Trinajstić information content (AvgIpc) is 3.08. The Hall–Kier alpha value is -1.88. The van der Waals surface area contributed by atoms with Gasteiger partial charge < -0.3 is 10.2 Å². The van der Waals surface area contributed by atoms with E-state index in [0.717, 1.165) is 38.0 Å². The molecule has 0 radical (unpaired) electrons. The van der Waals surface area contributed by atoms with Gasteiger partial charge in [0.2, 0.25) is 11.8 Å². The molecule has 2 amide bonds. The van der Waals surface area contributed by atoms with Gasteiger partial charge in [-0.2, -0.15) is 0 Å². The Morgan fingerprint density at radius 3 is 2.50 bits per heavy atom. The summed E-state index contributed by atoms with van der Waals surface area (Å²) in [5.74, 6) is -0.0603. The van der Waals surface area contributed by atoms with Crippen LogP contribution in [0.15, 0.2) is 24.3 Å². The van der Waals surface area contributed by atoms with E-state index < -0.39 is 0 Å². The highest BCUT2D eigenvalue weighted by Crippen LogP contribution is 2.18. The van der Waals surface area contributed by atoms with Crippen molar-refractivity contribution in [2.24, 2.45) is 0 Å². The maximum atomic E-state index is 12.5. The van der Waals surface area contributed by atoms with E-state index in [2.05, 4.69) is 36.2 Å². The predicted octanol–water partition coefficient (Wildman–Crippen LogP) is 2.16. The second kappa shape index (κ2) is 8.83. The molecule has 1 fully saturated rings. The highest BCUT2D eigenvalue weighted by molar-refractivity contribution is 5.87. The van der Waals surface area contributed by atoms with Crippen molar-refractivity contribution in [3.05, 3.63) is 35.4 Å². The van der Waals surface area contributed by atoms with Gasteiger partial charge in [0.05, 0.1) is 0 Å². The SMILES string of the molecule is CCN(CC)Cc1ccccc1CNC(=O)C1CCCN1C(C)=O. The van der Waals surface area contributed by atoms with E-state index in [9.17, 15) is 9.59 Å². The summed E-state index contributed by atoms with van der Waals surface area (Å²) >= 11 is 0. The van der Waals surface area contributed by atoms with Gasteiger partial charge in [-0.1, -0.05) is 38.1 Å². The molecule has 2 rings (SSSR count). The van der Waals surface area contributed by atoms with Crippen LogP contribution in [-0.2, 0) is 22.7 Å². The molecule has 1 N–H and O–H groups in total. The van der Waals surface area contributed by atoms with Gasteiger partial charge in [-0.15, -0.1) is 0 Å². The lowest BCUT2D eigenvalue weighted by Crippen LogP contribution is -2.45. The number of likely N-dealkylation sites (tertiary alicyclic amines) is 1. The molecule has 0 spiro atoms. The molecule has 5 heteroatoms. The second-order valence-corrected chi connectivity index (χ2v) is 6.32. The summed E-state index contributed by atoms with van der Waals surface area (Å²) in [5, 5.41) is 3.02. The van der Waals surface area contributed by atoms with Crippen LogP contribution in [0.3, 0.4) is 0 Å². The minimum Gasteiger partial charge on any atom is -0.350 e. The first-order chi connectivity index (χ1) is 11.6. The van der Waals surface area contributed by atoms with Crippen LogP contribution in [0, 0.1) is 0 Å². The molecule has 1 saturated heterocycles. The van der Waals surface area contributed by atoms with Crippen molar-refractivity contribution in [2.45, 2.75) is 52.7 Å². The number of carbonyl (C=O) groups is 2. The Labute approximate surface area is 145 Å². The molecule has 1 aromatic carbocycles. The summed E-state index contributed by atoms with van der Waals surface area (Å²) in [5.41, 5.74) is 2.39. The molecule has 1 heterocycles. The van der Waals surface area contributed by atoms with Crippen LogP contribution in [-0.4, -0.2) is 47.3 Å². The van der Waals surface area contributed by atoms with E-state index in [1.165, 1.54) is 12.5 Å². The van der Waals surface area contributed by atoms with E-state index in [1.807, 2.05) is 12.1 Å². The monoisotopic (exact) mass is 331 g/mol. The van der Waals surface area contributed by atoms with E-state index in [1.54, 1.807) is 4.90 Å². The van der Waals surface area contributed by atoms with Crippen molar-refractivity contribution in [1.82, 2.24) is 15.1 Å². The molecule has 1 aliphatic rings. The number of nitrogens with zero attached hydrogens (tertiary/aromatic N) is 2. The minimum atomic E-state index is -0.308. The van der Waals surface area contributed by atoms with Gasteiger partial charge in [-0.3, -0.25) is 14.5 Å². The zero-order valence-corrected chi connectivity index (χ0v) is 15.0. The lowest BCUT2D eigenvalue weighted by atomic mass is 10.1. The van der Waals surface area contributed by atoms with E-state index >= 15 is 0 Å². The van der Waals surface area contributed by atoms with Crippen LogP contribution in [0.2, 0.25) is 0 Å². The number of benzene rings is 1. The molecule has 0 saturated carbocycles. The number of carbonyl (C=O) groups excluding carboxylic acids is 2. The van der Waals surface area contributed by atoms with Crippen molar-refractivity contribution < 1.29 is 9.59 Å². The van der Waals surface area contributed by atoms with Crippen LogP contribution >= 0.6 is 0 Å². The largest absolute Gasteiger partial charge is 0.350 e. The van der Waals surface area contributed by atoms with Crippen LogP contribution in [0.4, 0.5) is 0 Å². The van der Waals surface area contributed by atoms with Gasteiger partial charge in [-0.05, 0) is 37.1 Å². The smallest absolute Gasteiger partial charge is 0.243 e. The van der Waals surface area contributed by atoms with Crippen molar-refractivity contribution in [1.29, 1.82) is 0 Å². The highest BCUT2D eigenvalue weighted by atomic mass is 16.2. The molecule has 1 aromatic rings. The van der Waals surface area contributed by atoms with Gasteiger partial charge in [0, 0.05) is 26.6 Å². The molecule has 1 unspecified atom stereocenters. The Morgan fingerprint density at radius 2 is 1.88 bits per heavy atom. The predicted molar refractivity (Wildman–Crippen MR) is 95.3 cm³/mol. The molecule has 0 bridgehead atoms. The lowest BCUT2D eigenvalue weighted by molar-refractivity contribution is -0.136. The van der Waals surface area contributed by atoms with Crippen LogP contribution in [0.25, 0.3) is 0 Å². The maximum Gasteiger partial charge on any atom is 0.243 e. The molecule has 5 nitrogen and oxygen atoms in total. The van der Waals surface area contributed by atoms with Gasteiger partial charge in [0.1, 0.15) is 6.04 Å². The zero-order chi connectivity index (χ0) is 17.5. The summed E-state index contributed by atoms with van der Waals surface area (Å²) in [6.45, 7) is 9.95. The number of nitrogens with one attached hydrogen (secondary N) is 1. The molecule has 0 aliphatic carbocycles. The molecule has 0 aromatic heterocycles. The van der Waals surface area contributed by atoms with Gasteiger partial charge in [0.15, 0.2) is 0 Å². The van der Waals surface area contributed by atoms with Crippen LogP contribution < -0.4 is 5.32 Å². The Bertz CT molecular complexity index is 569. The molecule has 24 heavy (non-hydrogen) atoms. The molecular formula is C19H29N3O2. The number of hydrogen-bond donors (Lipinski definition) is 1. The minimum absolute atomic E-state index is 0.0189. The van der Waals surface area contributed by atoms with Gasteiger partial charge in [0.25, 0.3) is 0 Å². The Kier molecular flexibility index (Phi) is 6.79. The van der Waals surface area contributed by atoms with Gasteiger partial charge >= 0.3 is 0 Å². The van der Waals surface area contributed by atoms with Crippen molar-refractivity contribution >= 4 is 11.8 Å². The fraction of sp³-hybridized carbons (Fsp3) is 0.579. The fourth-order valence-corrected chi connectivity index (χ4v) is 3.29. The number of amides is 2. The lowest BCUT2D eigenvalue weighted by Gasteiger charge is -2.23. The first-order valence-corrected chi connectivity index (χ1v) is 8.90. The third-order valence-corrected chi connectivity index (χ3v) is 4.82. The summed E-state index contributed by atoms with van der Waals surface area (Å²) in [6, 6.07) is 7.93. The number of rotatable bonds is 7. The van der Waals surface area contributed by atoms with E-state index in [4.69, 9.17) is 0 Å². The number of hydrogen-bond acceptors (Lipinski definition) is 3. The summed E-state index contributed by atoms with van der Waals surface area (Å²) in [6.07, 6.45) is 1.66. The summed E-state index contributed by atoms with van der Waals surface area (Å²) in [4.78, 5) is 28.1. The Morgan fingerprint density at radius 1 is 1.21 bits per heavy atom. The Balaban J connectivity index is 1.99. The first-order valence-electron chi connectivity index (χ1n) is 8.90. The zero-order valence-electron chi connectivity index (χ0n) is 15.0. The van der Waals surface area contributed by atoms with Crippen molar-refractivity contribution in [2.75, 3.05) is 19.6 Å². The average molecular weight is 331 g/mol. The van der Waals surface area contributed by atoms with Crippen LogP contribution in [0.1, 0.15) is 44.7 Å². The van der Waals surface area contributed by atoms with Crippen molar-refractivity contribution in [3.8, 4) is 0 Å².